The Morgan fingerprint density at radius 1 is 1.67 bits per heavy atom. The molecule has 0 amide bonds. The molecule has 2 atom stereocenters. The zero-order valence-corrected chi connectivity index (χ0v) is 7.85. The molecule has 0 N–H and O–H groups in total. The summed E-state index contributed by atoms with van der Waals surface area (Å²) >= 11 is 4.42. The van der Waals surface area contributed by atoms with Gasteiger partial charge in [0.15, 0.2) is 0 Å². The van der Waals surface area contributed by atoms with E-state index in [0.717, 1.165) is 9.84 Å². The molecule has 1 aromatic heterocycles. The summed E-state index contributed by atoms with van der Waals surface area (Å²) in [5, 5.41) is 2.16. The molecule has 0 unspecified atom stereocenters. The monoisotopic (exact) mass is 250 g/mol. The Balaban J connectivity index is 2.18. The Bertz CT molecular complexity index is 193. The molecule has 0 radical (unpaired) electrons. The molecule has 1 saturated carbocycles. The van der Waals surface area contributed by atoms with Crippen LogP contribution in [0.2, 0.25) is 0 Å². The van der Waals surface area contributed by atoms with Crippen LogP contribution in [0.5, 0.6) is 0 Å². The topological polar surface area (TPSA) is 0 Å². The quantitative estimate of drug-likeness (QED) is 0.530. The molecule has 48 valence electrons. The minimum absolute atomic E-state index is 0.908. The van der Waals surface area contributed by atoms with Crippen molar-refractivity contribution in [1.82, 2.24) is 0 Å². The Hall–Kier alpha value is 0.430. The van der Waals surface area contributed by atoms with E-state index in [1.54, 1.807) is 4.88 Å². The first kappa shape index (κ1) is 6.16. The van der Waals surface area contributed by atoms with Crippen molar-refractivity contribution in [1.29, 1.82) is 0 Å². The van der Waals surface area contributed by atoms with E-state index in [2.05, 4.69) is 40.1 Å². The third-order valence-corrected chi connectivity index (χ3v) is 4.00. The van der Waals surface area contributed by atoms with Crippen molar-refractivity contribution in [3.05, 3.63) is 22.4 Å². The minimum Gasteiger partial charge on any atom is -0.149 e. The highest BCUT2D eigenvalue weighted by molar-refractivity contribution is 14.1. The zero-order valence-electron chi connectivity index (χ0n) is 4.88. The van der Waals surface area contributed by atoms with Crippen molar-refractivity contribution in [2.45, 2.75) is 16.3 Å². The predicted molar refractivity (Wildman–Crippen MR) is 49.5 cm³/mol. The molecule has 0 spiro atoms. The lowest BCUT2D eigenvalue weighted by molar-refractivity contribution is 1.19. The van der Waals surface area contributed by atoms with Crippen molar-refractivity contribution >= 4 is 33.9 Å². The summed E-state index contributed by atoms with van der Waals surface area (Å²) in [5.74, 6) is 0.908. The third-order valence-electron chi connectivity index (χ3n) is 1.62. The fraction of sp³-hybridized carbons (Fsp3) is 0.429. The van der Waals surface area contributed by atoms with E-state index in [9.17, 15) is 0 Å². The Morgan fingerprint density at radius 2 is 2.44 bits per heavy atom. The first-order valence-corrected chi connectivity index (χ1v) is 5.18. The summed E-state index contributed by atoms with van der Waals surface area (Å²) in [4.78, 5) is 1.58. The Kier molecular flexibility index (Phi) is 1.53. The summed E-state index contributed by atoms with van der Waals surface area (Å²) in [7, 11) is 0. The highest BCUT2D eigenvalue weighted by Crippen LogP contribution is 2.48. The Labute approximate surface area is 72.4 Å². The van der Waals surface area contributed by atoms with E-state index in [1.165, 1.54) is 6.42 Å². The lowest BCUT2D eigenvalue weighted by Gasteiger charge is -1.85. The molecule has 0 nitrogen and oxygen atoms in total. The molecule has 2 rings (SSSR count). The van der Waals surface area contributed by atoms with Crippen LogP contribution in [-0.2, 0) is 0 Å². The number of thiophene rings is 1. The normalized spacial score (nSPS) is 32.6. The molecule has 0 aliphatic heterocycles. The van der Waals surface area contributed by atoms with Crippen LogP contribution in [0.4, 0.5) is 0 Å². The summed E-state index contributed by atoms with van der Waals surface area (Å²) in [6.45, 7) is 0. The van der Waals surface area contributed by atoms with Crippen molar-refractivity contribution in [2.75, 3.05) is 0 Å². The van der Waals surface area contributed by atoms with Gasteiger partial charge in [-0.3, -0.25) is 0 Å². The van der Waals surface area contributed by atoms with Crippen molar-refractivity contribution in [3.8, 4) is 0 Å². The number of halogens is 1. The van der Waals surface area contributed by atoms with Crippen LogP contribution in [0.3, 0.4) is 0 Å². The number of rotatable bonds is 1. The van der Waals surface area contributed by atoms with E-state index >= 15 is 0 Å². The van der Waals surface area contributed by atoms with Crippen LogP contribution < -0.4 is 0 Å². The number of hydrogen-bond donors (Lipinski definition) is 0. The molecule has 1 aromatic rings. The first-order valence-electron chi connectivity index (χ1n) is 3.05. The van der Waals surface area contributed by atoms with Crippen LogP contribution in [0.25, 0.3) is 0 Å². The van der Waals surface area contributed by atoms with Gasteiger partial charge in [0.2, 0.25) is 0 Å². The highest BCUT2D eigenvalue weighted by atomic mass is 127. The lowest BCUT2D eigenvalue weighted by Crippen LogP contribution is -1.70. The molecule has 0 aromatic carbocycles. The van der Waals surface area contributed by atoms with Crippen molar-refractivity contribution < 1.29 is 0 Å². The smallest absolute Gasteiger partial charge is 0.0193 e. The number of hydrogen-bond acceptors (Lipinski definition) is 1. The maximum Gasteiger partial charge on any atom is 0.0193 e. The lowest BCUT2D eigenvalue weighted by atomic mass is 10.3. The van der Waals surface area contributed by atoms with Gasteiger partial charge in [0.1, 0.15) is 0 Å². The molecule has 9 heavy (non-hydrogen) atoms. The van der Waals surface area contributed by atoms with Crippen molar-refractivity contribution in [3.63, 3.8) is 0 Å². The van der Waals surface area contributed by atoms with Crippen LogP contribution in [0.1, 0.15) is 17.2 Å². The van der Waals surface area contributed by atoms with E-state index in [4.69, 9.17) is 0 Å². The summed E-state index contributed by atoms with van der Waals surface area (Å²) < 4.78 is 0.932. The first-order chi connectivity index (χ1) is 4.38. The Morgan fingerprint density at radius 3 is 2.89 bits per heavy atom. The van der Waals surface area contributed by atoms with Gasteiger partial charge in [-0.15, -0.1) is 11.3 Å². The average Bonchev–Trinajstić information content (AvgIpc) is 2.44. The second-order valence-corrected chi connectivity index (χ2v) is 4.95. The van der Waals surface area contributed by atoms with Crippen LogP contribution in [0, 0.1) is 0 Å². The van der Waals surface area contributed by atoms with Gasteiger partial charge in [-0.1, -0.05) is 28.7 Å². The molecular formula is C7H7IS. The fourth-order valence-electron chi connectivity index (χ4n) is 0.961. The van der Waals surface area contributed by atoms with Gasteiger partial charge in [0, 0.05) is 14.7 Å². The van der Waals surface area contributed by atoms with E-state index in [0.29, 0.717) is 0 Å². The van der Waals surface area contributed by atoms with Crippen molar-refractivity contribution in [2.24, 2.45) is 0 Å². The molecule has 1 aliphatic carbocycles. The standard InChI is InChI=1S/C7H7IS/c8-6-4-5(6)7-2-1-3-9-7/h1-3,5-6H,4H2/t5-,6-/m0/s1. The van der Waals surface area contributed by atoms with Crippen LogP contribution in [-0.4, -0.2) is 3.92 Å². The SMILES string of the molecule is I[C@H]1C[C@@H]1c1cccs1. The van der Waals surface area contributed by atoms with Gasteiger partial charge in [-0.25, -0.2) is 0 Å². The van der Waals surface area contributed by atoms with Gasteiger partial charge in [0.05, 0.1) is 0 Å². The molecule has 1 aliphatic rings. The van der Waals surface area contributed by atoms with Gasteiger partial charge in [-0.05, 0) is 17.9 Å². The average molecular weight is 250 g/mol. The fourth-order valence-corrected chi connectivity index (χ4v) is 3.05. The second-order valence-electron chi connectivity index (χ2n) is 2.37. The predicted octanol–water partition coefficient (Wildman–Crippen LogP) is 3.04. The number of alkyl halides is 1. The third kappa shape index (κ3) is 1.15. The summed E-state index contributed by atoms with van der Waals surface area (Å²) in [6.07, 6.45) is 1.40. The molecular weight excluding hydrogens is 243 g/mol. The molecule has 1 heterocycles. The molecule has 0 bridgehead atoms. The van der Waals surface area contributed by atoms with E-state index < -0.39 is 0 Å². The zero-order chi connectivity index (χ0) is 6.27. The second kappa shape index (κ2) is 2.23. The molecule has 2 heteroatoms. The van der Waals surface area contributed by atoms with Gasteiger partial charge in [-0.2, -0.15) is 0 Å². The molecule has 0 saturated heterocycles. The highest BCUT2D eigenvalue weighted by Gasteiger charge is 2.36. The van der Waals surface area contributed by atoms with E-state index in [1.807, 2.05) is 11.3 Å². The summed E-state index contributed by atoms with van der Waals surface area (Å²) in [5.41, 5.74) is 0. The van der Waals surface area contributed by atoms with Crippen LogP contribution >= 0.6 is 33.9 Å². The largest absolute Gasteiger partial charge is 0.149 e. The summed E-state index contributed by atoms with van der Waals surface area (Å²) in [6, 6.07) is 4.38. The van der Waals surface area contributed by atoms with Gasteiger partial charge < -0.3 is 0 Å². The van der Waals surface area contributed by atoms with E-state index in [-0.39, 0.29) is 0 Å². The van der Waals surface area contributed by atoms with Gasteiger partial charge >= 0.3 is 0 Å². The van der Waals surface area contributed by atoms with Gasteiger partial charge in [0.25, 0.3) is 0 Å². The maximum atomic E-state index is 2.52. The van der Waals surface area contributed by atoms with Crippen LogP contribution in [0.15, 0.2) is 17.5 Å². The maximum absolute atomic E-state index is 2.52. The molecule has 1 fully saturated rings. The minimum atomic E-state index is 0.908.